The van der Waals surface area contributed by atoms with Crippen molar-refractivity contribution in [2.75, 3.05) is 13.2 Å². The third-order valence-corrected chi connectivity index (χ3v) is 2.24. The first-order valence-electron chi connectivity index (χ1n) is 4.94. The van der Waals surface area contributed by atoms with Gasteiger partial charge in [-0.1, -0.05) is 0 Å². The van der Waals surface area contributed by atoms with E-state index in [9.17, 15) is 4.79 Å². The Morgan fingerprint density at radius 2 is 2.47 bits per heavy atom. The van der Waals surface area contributed by atoms with Gasteiger partial charge in [0, 0.05) is 12.6 Å². The molecular weight excluding hydrogens is 198 g/mol. The maximum absolute atomic E-state index is 10.2. The van der Waals surface area contributed by atoms with Crippen LogP contribution in [0.15, 0.2) is 0 Å². The average Bonchev–Trinajstić information content (AvgIpc) is 2.25. The second kappa shape index (κ2) is 6.35. The Labute approximate surface area is 88.2 Å². The van der Waals surface area contributed by atoms with Gasteiger partial charge in [-0.3, -0.25) is 4.79 Å². The summed E-state index contributed by atoms with van der Waals surface area (Å²) in [6.45, 7) is 0.832. The Kier molecular flexibility index (Phi) is 5.04. The maximum atomic E-state index is 10.2. The number of hydrogen-bond acceptors (Lipinski definition) is 5. The molecule has 1 saturated heterocycles. The largest absolute Gasteiger partial charge is 0.481 e. The first-order chi connectivity index (χ1) is 7.22. The molecular formula is C9H15N3O3. The summed E-state index contributed by atoms with van der Waals surface area (Å²) in [7, 11) is 0. The van der Waals surface area contributed by atoms with Crippen molar-refractivity contribution in [3.05, 3.63) is 0 Å². The predicted molar refractivity (Wildman–Crippen MR) is 51.8 cm³/mol. The summed E-state index contributed by atoms with van der Waals surface area (Å²) in [6.07, 6.45) is 1.64. The predicted octanol–water partition coefficient (Wildman–Crippen LogP) is -0.374. The molecule has 6 nitrogen and oxygen atoms in total. The molecule has 0 radical (unpaired) electrons. The Balaban J connectivity index is 2.04. The molecule has 6 heteroatoms. The smallest absolute Gasteiger partial charge is 0.305 e. The molecule has 3 N–H and O–H groups in total. The molecule has 0 unspecified atom stereocenters. The van der Waals surface area contributed by atoms with Crippen molar-refractivity contribution < 1.29 is 14.7 Å². The molecule has 0 spiro atoms. The van der Waals surface area contributed by atoms with Gasteiger partial charge in [0.15, 0.2) is 0 Å². The van der Waals surface area contributed by atoms with Crippen LogP contribution in [-0.4, -0.2) is 36.3 Å². The van der Waals surface area contributed by atoms with Gasteiger partial charge in [-0.15, -0.1) is 0 Å². The van der Waals surface area contributed by atoms with Crippen molar-refractivity contribution in [3.8, 4) is 6.07 Å². The number of nitriles is 1. The van der Waals surface area contributed by atoms with Crippen LogP contribution >= 0.6 is 0 Å². The van der Waals surface area contributed by atoms with Crippen LogP contribution < -0.4 is 10.8 Å². The van der Waals surface area contributed by atoms with Crippen molar-refractivity contribution in [2.45, 2.75) is 31.3 Å². The molecule has 1 aliphatic rings. The third-order valence-electron chi connectivity index (χ3n) is 2.24. The Bertz CT molecular complexity index is 243. The molecule has 1 heterocycles. The zero-order chi connectivity index (χ0) is 11.1. The van der Waals surface area contributed by atoms with Crippen molar-refractivity contribution in [2.24, 2.45) is 0 Å². The number of hydrogen-bond donors (Lipinski definition) is 3. The molecule has 0 aliphatic carbocycles. The molecule has 0 aromatic rings. The van der Waals surface area contributed by atoms with E-state index in [0.717, 1.165) is 12.8 Å². The molecule has 2 atom stereocenters. The molecule has 0 aromatic carbocycles. The van der Waals surface area contributed by atoms with E-state index >= 15 is 0 Å². The van der Waals surface area contributed by atoms with E-state index in [-0.39, 0.29) is 25.1 Å². The number of nitrogens with one attached hydrogen (secondary N) is 2. The molecule has 0 aromatic heterocycles. The van der Waals surface area contributed by atoms with Crippen LogP contribution in [0, 0.1) is 11.3 Å². The van der Waals surface area contributed by atoms with E-state index in [2.05, 4.69) is 16.9 Å². The molecule has 15 heavy (non-hydrogen) atoms. The summed E-state index contributed by atoms with van der Waals surface area (Å²) in [5.74, 6) is -0.872. The van der Waals surface area contributed by atoms with Crippen LogP contribution in [0.4, 0.5) is 0 Å². The zero-order valence-electron chi connectivity index (χ0n) is 8.40. The van der Waals surface area contributed by atoms with Gasteiger partial charge in [0.25, 0.3) is 0 Å². The van der Waals surface area contributed by atoms with Gasteiger partial charge in [-0.25, -0.2) is 0 Å². The fourth-order valence-corrected chi connectivity index (χ4v) is 1.38. The summed E-state index contributed by atoms with van der Waals surface area (Å²) in [5.41, 5.74) is 2.79. The lowest BCUT2D eigenvalue weighted by atomic mass is 10.0. The minimum absolute atomic E-state index is 0.00598. The quantitative estimate of drug-likeness (QED) is 0.426. The fraction of sp³-hybridized carbons (Fsp3) is 0.778. The Morgan fingerprint density at radius 3 is 3.00 bits per heavy atom. The summed E-state index contributed by atoms with van der Waals surface area (Å²) in [4.78, 5) is 15.2. The van der Waals surface area contributed by atoms with Gasteiger partial charge < -0.3 is 15.3 Å². The second-order valence-electron chi connectivity index (χ2n) is 3.47. The Morgan fingerprint density at radius 1 is 1.67 bits per heavy atom. The number of carbonyl (C=O) groups is 1. The standard InChI is InChI=1S/C9H15N3O3/c10-5-7-1-2-8(6-11-7)12-15-4-3-9(13)14/h7-8,11-12H,1-4,6H2,(H,13,14)/t7-,8+/m0/s1. The molecule has 1 rings (SSSR count). The lowest BCUT2D eigenvalue weighted by Gasteiger charge is -2.26. The summed E-state index contributed by atoms with van der Waals surface area (Å²) in [5, 5.41) is 20.0. The van der Waals surface area contributed by atoms with Gasteiger partial charge in [0.05, 0.1) is 25.1 Å². The maximum Gasteiger partial charge on any atom is 0.305 e. The van der Waals surface area contributed by atoms with E-state index in [1.54, 1.807) is 0 Å². The van der Waals surface area contributed by atoms with E-state index < -0.39 is 5.97 Å². The molecule has 0 bridgehead atoms. The van der Waals surface area contributed by atoms with Crippen LogP contribution in [0.3, 0.4) is 0 Å². The van der Waals surface area contributed by atoms with Gasteiger partial charge in [-0.2, -0.15) is 10.7 Å². The lowest BCUT2D eigenvalue weighted by molar-refractivity contribution is -0.139. The highest BCUT2D eigenvalue weighted by atomic mass is 16.6. The van der Waals surface area contributed by atoms with Crippen molar-refractivity contribution in [3.63, 3.8) is 0 Å². The molecule has 0 saturated carbocycles. The molecule has 1 aliphatic heterocycles. The topological polar surface area (TPSA) is 94.4 Å². The van der Waals surface area contributed by atoms with Crippen molar-refractivity contribution >= 4 is 5.97 Å². The van der Waals surface area contributed by atoms with Crippen LogP contribution in [0.5, 0.6) is 0 Å². The number of carboxylic acids is 1. The minimum Gasteiger partial charge on any atom is -0.481 e. The van der Waals surface area contributed by atoms with E-state index in [4.69, 9.17) is 15.2 Å². The average molecular weight is 213 g/mol. The summed E-state index contributed by atoms with van der Waals surface area (Å²) < 4.78 is 0. The molecule has 0 amide bonds. The number of carboxylic acid groups (broad SMARTS) is 1. The fourth-order valence-electron chi connectivity index (χ4n) is 1.38. The highest BCUT2D eigenvalue weighted by molar-refractivity contribution is 5.66. The monoisotopic (exact) mass is 213 g/mol. The summed E-state index contributed by atoms with van der Waals surface area (Å²) >= 11 is 0. The van der Waals surface area contributed by atoms with Gasteiger partial charge >= 0.3 is 5.97 Å². The van der Waals surface area contributed by atoms with Gasteiger partial charge in [0.1, 0.15) is 0 Å². The van der Waals surface area contributed by atoms with Crippen LogP contribution in [-0.2, 0) is 9.63 Å². The zero-order valence-corrected chi connectivity index (χ0v) is 8.40. The van der Waals surface area contributed by atoms with Crippen LogP contribution in [0.1, 0.15) is 19.3 Å². The highest BCUT2D eigenvalue weighted by Gasteiger charge is 2.19. The van der Waals surface area contributed by atoms with E-state index in [1.807, 2.05) is 0 Å². The number of aliphatic carboxylic acids is 1. The minimum atomic E-state index is -0.872. The van der Waals surface area contributed by atoms with Crippen molar-refractivity contribution in [1.29, 1.82) is 5.26 Å². The SMILES string of the molecule is N#C[C@@H]1CC[C@@H](NOCCC(=O)O)CN1. The Hall–Kier alpha value is -1.16. The van der Waals surface area contributed by atoms with Crippen molar-refractivity contribution in [1.82, 2.24) is 10.8 Å². The number of nitrogens with zero attached hydrogens (tertiary/aromatic N) is 1. The van der Waals surface area contributed by atoms with Gasteiger partial charge in [0.2, 0.25) is 0 Å². The third kappa shape index (κ3) is 4.74. The number of rotatable bonds is 5. The highest BCUT2D eigenvalue weighted by Crippen LogP contribution is 2.07. The summed E-state index contributed by atoms with van der Waals surface area (Å²) in [6, 6.07) is 2.24. The molecule has 84 valence electrons. The normalized spacial score (nSPS) is 25.8. The van der Waals surface area contributed by atoms with Crippen LogP contribution in [0.2, 0.25) is 0 Å². The number of hydroxylamine groups is 1. The lowest BCUT2D eigenvalue weighted by Crippen LogP contribution is -2.47. The number of piperidine rings is 1. The van der Waals surface area contributed by atoms with Gasteiger partial charge in [-0.05, 0) is 12.8 Å². The second-order valence-corrected chi connectivity index (χ2v) is 3.47. The molecule has 1 fully saturated rings. The van der Waals surface area contributed by atoms with E-state index in [0.29, 0.717) is 6.54 Å². The first-order valence-corrected chi connectivity index (χ1v) is 4.94. The first kappa shape index (κ1) is 11.9. The van der Waals surface area contributed by atoms with Crippen LogP contribution in [0.25, 0.3) is 0 Å². The van der Waals surface area contributed by atoms with E-state index in [1.165, 1.54) is 0 Å².